The van der Waals surface area contributed by atoms with Crippen LogP contribution in [0.3, 0.4) is 0 Å². The third kappa shape index (κ3) is 2.81. The molecule has 1 aromatic carbocycles. The molecule has 4 heterocycles. The van der Waals surface area contributed by atoms with Crippen LogP contribution >= 0.6 is 22.9 Å². The van der Waals surface area contributed by atoms with Crippen LogP contribution in [-0.2, 0) is 9.47 Å². The molecule has 1 spiro atoms. The summed E-state index contributed by atoms with van der Waals surface area (Å²) in [4.78, 5) is 7.83. The number of benzene rings is 1. The van der Waals surface area contributed by atoms with Gasteiger partial charge in [-0.2, -0.15) is 0 Å². The first-order chi connectivity index (χ1) is 12.2. The highest BCUT2D eigenvalue weighted by atomic mass is 35.5. The highest BCUT2D eigenvalue weighted by molar-refractivity contribution is 7.20. The fourth-order valence-corrected chi connectivity index (χ4v) is 4.50. The Labute approximate surface area is 153 Å². The predicted octanol–water partition coefficient (Wildman–Crippen LogP) is 3.45. The Balaban J connectivity index is 1.41. The van der Waals surface area contributed by atoms with Gasteiger partial charge in [0.2, 0.25) is 10.1 Å². The molecule has 6 nitrogen and oxygen atoms in total. The summed E-state index contributed by atoms with van der Waals surface area (Å²) in [5, 5.41) is 6.40. The van der Waals surface area contributed by atoms with E-state index < -0.39 is 5.79 Å². The van der Waals surface area contributed by atoms with Crippen molar-refractivity contribution >= 4 is 33.0 Å². The molecule has 0 unspecified atom stereocenters. The molecule has 0 N–H and O–H groups in total. The second-order valence-electron chi connectivity index (χ2n) is 6.38. The smallest absolute Gasteiger partial charge is 0.214 e. The van der Waals surface area contributed by atoms with Crippen LogP contribution in [0.4, 0.5) is 5.13 Å². The standard InChI is InChI=1S/C17H17ClN4O2S/c18-13-4-2-12(3-5-13)14-10-22-15(19-14)25-16(20-22)21-7-1-6-17(11-21)23-8-9-24-17/h2-5,10H,1,6-9,11H2. The van der Waals surface area contributed by atoms with Gasteiger partial charge in [-0.3, -0.25) is 0 Å². The van der Waals surface area contributed by atoms with E-state index in [0.29, 0.717) is 13.2 Å². The van der Waals surface area contributed by atoms with Gasteiger partial charge in [-0.05, 0) is 18.6 Å². The monoisotopic (exact) mass is 376 g/mol. The minimum absolute atomic E-state index is 0.444. The lowest BCUT2D eigenvalue weighted by molar-refractivity contribution is -0.161. The molecule has 130 valence electrons. The van der Waals surface area contributed by atoms with E-state index in [4.69, 9.17) is 31.2 Å². The molecular formula is C17H17ClN4O2S. The number of rotatable bonds is 2. The van der Waals surface area contributed by atoms with Crippen LogP contribution in [-0.4, -0.2) is 46.7 Å². The molecule has 8 heteroatoms. The Bertz CT molecular complexity index is 870. The van der Waals surface area contributed by atoms with Crippen LogP contribution in [0, 0.1) is 0 Å². The Morgan fingerprint density at radius 3 is 2.72 bits per heavy atom. The number of halogens is 1. The number of hydrogen-bond acceptors (Lipinski definition) is 6. The number of fused-ring (bicyclic) bond motifs is 1. The summed E-state index contributed by atoms with van der Waals surface area (Å²) in [5.74, 6) is -0.444. The van der Waals surface area contributed by atoms with Crippen molar-refractivity contribution < 1.29 is 9.47 Å². The summed E-state index contributed by atoms with van der Waals surface area (Å²) in [6, 6.07) is 7.69. The first kappa shape index (κ1) is 15.6. The van der Waals surface area contributed by atoms with Crippen molar-refractivity contribution in [2.24, 2.45) is 0 Å². The summed E-state index contributed by atoms with van der Waals surface area (Å²) < 4.78 is 13.6. The molecule has 0 atom stereocenters. The average molecular weight is 377 g/mol. The Hall–Kier alpha value is -1.67. The van der Waals surface area contributed by atoms with Crippen LogP contribution in [0.2, 0.25) is 5.02 Å². The van der Waals surface area contributed by atoms with Gasteiger partial charge in [0, 0.05) is 23.6 Å². The lowest BCUT2D eigenvalue weighted by atomic mass is 10.1. The van der Waals surface area contributed by atoms with E-state index >= 15 is 0 Å². The van der Waals surface area contributed by atoms with Crippen molar-refractivity contribution in [1.82, 2.24) is 14.6 Å². The largest absolute Gasteiger partial charge is 0.346 e. The quantitative estimate of drug-likeness (QED) is 0.685. The zero-order valence-corrected chi connectivity index (χ0v) is 15.1. The molecule has 0 aliphatic carbocycles. The van der Waals surface area contributed by atoms with Crippen LogP contribution < -0.4 is 4.90 Å². The van der Waals surface area contributed by atoms with Crippen LogP contribution in [0.5, 0.6) is 0 Å². The van der Waals surface area contributed by atoms with E-state index in [1.54, 1.807) is 11.3 Å². The molecule has 0 amide bonds. The molecule has 0 saturated carbocycles. The Kier molecular flexibility index (Phi) is 3.71. The maximum absolute atomic E-state index is 5.95. The van der Waals surface area contributed by atoms with E-state index in [0.717, 1.165) is 52.3 Å². The van der Waals surface area contributed by atoms with Gasteiger partial charge in [-0.15, -0.1) is 5.10 Å². The number of nitrogens with zero attached hydrogens (tertiary/aromatic N) is 4. The molecule has 5 rings (SSSR count). The van der Waals surface area contributed by atoms with Crippen LogP contribution in [0.15, 0.2) is 30.5 Å². The molecule has 2 aromatic heterocycles. The van der Waals surface area contributed by atoms with Crippen molar-refractivity contribution in [3.63, 3.8) is 0 Å². The number of anilines is 1. The second-order valence-corrected chi connectivity index (χ2v) is 7.75. The average Bonchev–Trinajstić information content (AvgIpc) is 3.31. The summed E-state index contributed by atoms with van der Waals surface area (Å²) >= 11 is 7.55. The SMILES string of the molecule is Clc1ccc(-c2cn3nc(N4CCCC5(C4)OCCO5)sc3n2)cc1. The zero-order chi connectivity index (χ0) is 16.9. The van der Waals surface area contributed by atoms with E-state index in [2.05, 4.69) is 4.90 Å². The summed E-state index contributed by atoms with van der Waals surface area (Å²) in [5.41, 5.74) is 1.94. The number of aromatic nitrogens is 3. The number of hydrogen-bond donors (Lipinski definition) is 0. The highest BCUT2D eigenvalue weighted by Gasteiger charge is 2.41. The van der Waals surface area contributed by atoms with Crippen molar-refractivity contribution in [3.8, 4) is 11.3 Å². The molecule has 2 aliphatic rings. The fraction of sp³-hybridized carbons (Fsp3) is 0.412. The van der Waals surface area contributed by atoms with E-state index in [1.165, 1.54) is 0 Å². The number of imidazole rings is 1. The maximum atomic E-state index is 5.95. The van der Waals surface area contributed by atoms with Crippen molar-refractivity contribution in [2.45, 2.75) is 18.6 Å². The van der Waals surface area contributed by atoms with Gasteiger partial charge in [-0.1, -0.05) is 35.1 Å². The van der Waals surface area contributed by atoms with Crippen molar-refractivity contribution in [1.29, 1.82) is 0 Å². The van der Waals surface area contributed by atoms with Gasteiger partial charge in [0.1, 0.15) is 0 Å². The number of ether oxygens (including phenoxy) is 2. The first-order valence-corrected chi connectivity index (χ1v) is 9.55. The summed E-state index contributed by atoms with van der Waals surface area (Å²) in [6.45, 7) is 3.06. The van der Waals surface area contributed by atoms with Gasteiger partial charge >= 0.3 is 0 Å². The molecule has 3 aromatic rings. The molecule has 2 aliphatic heterocycles. The fourth-order valence-electron chi connectivity index (χ4n) is 3.46. The lowest BCUT2D eigenvalue weighted by Gasteiger charge is -2.38. The third-order valence-corrected chi connectivity index (χ3v) is 5.91. The first-order valence-electron chi connectivity index (χ1n) is 8.36. The van der Waals surface area contributed by atoms with E-state index in [9.17, 15) is 0 Å². The number of piperidine rings is 1. The molecule has 0 radical (unpaired) electrons. The highest BCUT2D eigenvalue weighted by Crippen LogP contribution is 2.34. The lowest BCUT2D eigenvalue weighted by Crippen LogP contribution is -2.49. The normalized spacial score (nSPS) is 20.0. The summed E-state index contributed by atoms with van der Waals surface area (Å²) in [6.07, 6.45) is 3.95. The van der Waals surface area contributed by atoms with E-state index in [-0.39, 0.29) is 0 Å². The topological polar surface area (TPSA) is 51.9 Å². The van der Waals surface area contributed by atoms with Gasteiger partial charge in [-0.25, -0.2) is 9.50 Å². The van der Waals surface area contributed by atoms with Gasteiger partial charge in [0.25, 0.3) is 0 Å². The van der Waals surface area contributed by atoms with Gasteiger partial charge < -0.3 is 14.4 Å². The van der Waals surface area contributed by atoms with Crippen molar-refractivity contribution in [3.05, 3.63) is 35.5 Å². The zero-order valence-electron chi connectivity index (χ0n) is 13.5. The minimum atomic E-state index is -0.444. The van der Waals surface area contributed by atoms with Gasteiger partial charge in [0.05, 0.1) is 31.6 Å². The molecular weight excluding hydrogens is 360 g/mol. The van der Waals surface area contributed by atoms with Gasteiger partial charge in [0.15, 0.2) is 5.79 Å². The van der Waals surface area contributed by atoms with Crippen LogP contribution in [0.1, 0.15) is 12.8 Å². The second kappa shape index (κ2) is 5.95. The predicted molar refractivity (Wildman–Crippen MR) is 97.4 cm³/mol. The minimum Gasteiger partial charge on any atom is -0.346 e. The summed E-state index contributed by atoms with van der Waals surface area (Å²) in [7, 11) is 0. The Morgan fingerprint density at radius 2 is 1.96 bits per heavy atom. The van der Waals surface area contributed by atoms with E-state index in [1.807, 2.05) is 35.0 Å². The van der Waals surface area contributed by atoms with Crippen molar-refractivity contribution in [2.75, 3.05) is 31.2 Å². The third-order valence-electron chi connectivity index (χ3n) is 4.67. The molecule has 2 saturated heterocycles. The Morgan fingerprint density at radius 1 is 1.16 bits per heavy atom. The molecule has 2 fully saturated rings. The van der Waals surface area contributed by atoms with Crippen LogP contribution in [0.25, 0.3) is 16.2 Å². The maximum Gasteiger partial charge on any atom is 0.214 e. The molecule has 0 bridgehead atoms. The molecule has 25 heavy (non-hydrogen) atoms.